The summed E-state index contributed by atoms with van der Waals surface area (Å²) in [5, 5.41) is 0.340. The normalized spacial score (nSPS) is 15.1. The standard InChI is InChI=1S/C25H22ClNO4S/c1-15-4-5-17(3)22(12-15)30-11-10-27-24(28)23(32-25(27)29)14-19-8-9-21(31-19)18-7-6-16(2)20(26)13-18/h4-9,12-14H,10-11H2,1-3H3/b23-14-. The van der Waals surface area contributed by atoms with Gasteiger partial charge in [0, 0.05) is 16.7 Å². The number of hydrogen-bond donors (Lipinski definition) is 0. The monoisotopic (exact) mass is 467 g/mol. The maximum absolute atomic E-state index is 12.7. The highest BCUT2D eigenvalue weighted by Crippen LogP contribution is 2.34. The van der Waals surface area contributed by atoms with Gasteiger partial charge < -0.3 is 9.15 Å². The summed E-state index contributed by atoms with van der Waals surface area (Å²) in [5.74, 6) is 1.54. The van der Waals surface area contributed by atoms with Crippen LogP contribution < -0.4 is 4.74 Å². The van der Waals surface area contributed by atoms with Crippen molar-refractivity contribution in [3.63, 3.8) is 0 Å². The van der Waals surface area contributed by atoms with Crippen molar-refractivity contribution < 1.29 is 18.7 Å². The number of hydrogen-bond acceptors (Lipinski definition) is 5. The first-order valence-electron chi connectivity index (χ1n) is 10.1. The van der Waals surface area contributed by atoms with E-state index in [9.17, 15) is 9.59 Å². The lowest BCUT2D eigenvalue weighted by molar-refractivity contribution is -0.123. The zero-order chi connectivity index (χ0) is 22.8. The van der Waals surface area contributed by atoms with Gasteiger partial charge in [0.1, 0.15) is 23.9 Å². The number of carbonyl (C=O) groups excluding carboxylic acids is 2. The smallest absolute Gasteiger partial charge is 0.293 e. The molecular formula is C25H22ClNO4S. The second-order valence-corrected chi connectivity index (χ2v) is 9.02. The molecule has 1 aromatic heterocycles. The van der Waals surface area contributed by atoms with Crippen LogP contribution >= 0.6 is 23.4 Å². The summed E-state index contributed by atoms with van der Waals surface area (Å²) in [7, 11) is 0. The summed E-state index contributed by atoms with van der Waals surface area (Å²) in [6.45, 7) is 6.29. The first-order chi connectivity index (χ1) is 15.3. The molecule has 1 aliphatic heterocycles. The fourth-order valence-corrected chi connectivity index (χ4v) is 4.29. The van der Waals surface area contributed by atoms with E-state index >= 15 is 0 Å². The molecule has 1 aliphatic rings. The average molecular weight is 468 g/mol. The lowest BCUT2D eigenvalue weighted by Crippen LogP contribution is -2.32. The van der Waals surface area contributed by atoms with Crippen LogP contribution in [-0.2, 0) is 4.79 Å². The van der Waals surface area contributed by atoms with E-state index in [1.165, 1.54) is 4.90 Å². The molecule has 2 amide bonds. The zero-order valence-corrected chi connectivity index (χ0v) is 19.5. The van der Waals surface area contributed by atoms with E-state index in [4.69, 9.17) is 20.8 Å². The van der Waals surface area contributed by atoms with Gasteiger partial charge in [0.05, 0.1) is 11.4 Å². The minimum absolute atomic E-state index is 0.181. The van der Waals surface area contributed by atoms with Crippen LogP contribution in [-0.4, -0.2) is 29.2 Å². The number of imide groups is 1. The second-order valence-electron chi connectivity index (χ2n) is 7.62. The predicted octanol–water partition coefficient (Wildman–Crippen LogP) is 6.64. The average Bonchev–Trinajstić information content (AvgIpc) is 3.32. The Labute approximate surface area is 196 Å². The number of rotatable bonds is 6. The second kappa shape index (κ2) is 9.27. The Balaban J connectivity index is 1.42. The molecular weight excluding hydrogens is 446 g/mol. The lowest BCUT2D eigenvalue weighted by atomic mass is 10.1. The predicted molar refractivity (Wildman–Crippen MR) is 128 cm³/mol. The summed E-state index contributed by atoms with van der Waals surface area (Å²) in [5.41, 5.74) is 3.92. The number of carbonyl (C=O) groups is 2. The van der Waals surface area contributed by atoms with Gasteiger partial charge in [-0.3, -0.25) is 14.5 Å². The Hall–Kier alpha value is -2.96. The molecule has 0 radical (unpaired) electrons. The molecule has 2 aromatic carbocycles. The summed E-state index contributed by atoms with van der Waals surface area (Å²) in [6, 6.07) is 15.2. The van der Waals surface area contributed by atoms with Gasteiger partial charge in [-0.05, 0) is 73.5 Å². The van der Waals surface area contributed by atoms with E-state index in [2.05, 4.69) is 0 Å². The Morgan fingerprint density at radius 3 is 2.59 bits per heavy atom. The van der Waals surface area contributed by atoms with Gasteiger partial charge >= 0.3 is 0 Å². The molecule has 0 unspecified atom stereocenters. The number of benzene rings is 2. The van der Waals surface area contributed by atoms with E-state index < -0.39 is 0 Å². The van der Waals surface area contributed by atoms with Crippen LogP contribution in [0.15, 0.2) is 57.9 Å². The summed E-state index contributed by atoms with van der Waals surface area (Å²) >= 11 is 7.10. The first-order valence-corrected chi connectivity index (χ1v) is 11.3. The van der Waals surface area contributed by atoms with Crippen LogP contribution in [0.1, 0.15) is 22.5 Å². The van der Waals surface area contributed by atoms with Crippen LogP contribution in [0, 0.1) is 20.8 Å². The number of amides is 2. The minimum atomic E-state index is -0.346. The summed E-state index contributed by atoms with van der Waals surface area (Å²) < 4.78 is 11.6. The largest absolute Gasteiger partial charge is 0.491 e. The van der Waals surface area contributed by atoms with Gasteiger partial charge in [0.25, 0.3) is 11.1 Å². The van der Waals surface area contributed by atoms with Gasteiger partial charge in [-0.15, -0.1) is 0 Å². The fourth-order valence-electron chi connectivity index (χ4n) is 3.26. The third-order valence-corrected chi connectivity index (χ3v) is 6.46. The van der Waals surface area contributed by atoms with Gasteiger partial charge in [-0.2, -0.15) is 0 Å². The van der Waals surface area contributed by atoms with E-state index in [1.54, 1.807) is 12.1 Å². The van der Waals surface area contributed by atoms with Gasteiger partial charge in [-0.1, -0.05) is 35.9 Å². The van der Waals surface area contributed by atoms with Gasteiger partial charge in [-0.25, -0.2) is 0 Å². The molecule has 0 bridgehead atoms. The molecule has 3 aromatic rings. The van der Waals surface area contributed by atoms with E-state index in [1.807, 2.05) is 63.2 Å². The maximum atomic E-state index is 12.7. The highest BCUT2D eigenvalue weighted by Gasteiger charge is 2.35. The van der Waals surface area contributed by atoms with Crippen molar-refractivity contribution in [2.45, 2.75) is 20.8 Å². The fraction of sp³-hybridized carbons (Fsp3) is 0.200. The third kappa shape index (κ3) is 4.76. The van der Waals surface area contributed by atoms with Gasteiger partial charge in [0.15, 0.2) is 0 Å². The zero-order valence-electron chi connectivity index (χ0n) is 18.0. The molecule has 32 heavy (non-hydrogen) atoms. The lowest BCUT2D eigenvalue weighted by Gasteiger charge is -2.14. The molecule has 1 fully saturated rings. The van der Waals surface area contributed by atoms with Crippen molar-refractivity contribution in [3.05, 3.63) is 80.9 Å². The van der Waals surface area contributed by atoms with Crippen molar-refractivity contribution in [2.24, 2.45) is 0 Å². The molecule has 0 atom stereocenters. The third-order valence-electron chi connectivity index (χ3n) is 5.15. The van der Waals surface area contributed by atoms with Crippen LogP contribution in [0.4, 0.5) is 4.79 Å². The highest BCUT2D eigenvalue weighted by atomic mass is 35.5. The molecule has 0 saturated carbocycles. The topological polar surface area (TPSA) is 59.8 Å². The van der Waals surface area contributed by atoms with Crippen LogP contribution in [0.25, 0.3) is 17.4 Å². The Kier molecular flexibility index (Phi) is 6.44. The van der Waals surface area contributed by atoms with E-state index in [0.29, 0.717) is 21.4 Å². The number of halogens is 1. The van der Waals surface area contributed by atoms with Crippen molar-refractivity contribution in [1.29, 1.82) is 0 Å². The number of ether oxygens (including phenoxy) is 1. The SMILES string of the molecule is Cc1ccc(C)c(OCCN2C(=O)S/C(=C\c3ccc(-c4ccc(C)c(Cl)c4)o3)C2=O)c1. The number of furan rings is 1. The van der Waals surface area contributed by atoms with Crippen molar-refractivity contribution in [1.82, 2.24) is 4.90 Å². The van der Waals surface area contributed by atoms with Gasteiger partial charge in [0.2, 0.25) is 0 Å². The quantitative estimate of drug-likeness (QED) is 0.380. The summed E-state index contributed by atoms with van der Waals surface area (Å²) in [4.78, 5) is 26.6. The molecule has 7 heteroatoms. The Morgan fingerprint density at radius 1 is 1.03 bits per heavy atom. The molecule has 1 saturated heterocycles. The number of thioether (sulfide) groups is 1. The molecule has 2 heterocycles. The summed E-state index contributed by atoms with van der Waals surface area (Å²) in [6.07, 6.45) is 1.59. The molecule has 164 valence electrons. The van der Waals surface area contributed by atoms with Crippen molar-refractivity contribution >= 4 is 40.6 Å². The highest BCUT2D eigenvalue weighted by molar-refractivity contribution is 8.18. The maximum Gasteiger partial charge on any atom is 0.293 e. The molecule has 0 aliphatic carbocycles. The molecule has 0 spiro atoms. The molecule has 0 N–H and O–H groups in total. The van der Waals surface area contributed by atoms with E-state index in [0.717, 1.165) is 39.8 Å². The van der Waals surface area contributed by atoms with Crippen molar-refractivity contribution in [3.8, 4) is 17.1 Å². The van der Waals surface area contributed by atoms with Crippen LogP contribution in [0.3, 0.4) is 0 Å². The Bertz CT molecular complexity index is 1230. The van der Waals surface area contributed by atoms with Crippen LogP contribution in [0.5, 0.6) is 5.75 Å². The molecule has 4 rings (SSSR count). The van der Waals surface area contributed by atoms with E-state index in [-0.39, 0.29) is 24.3 Å². The minimum Gasteiger partial charge on any atom is -0.491 e. The number of aryl methyl sites for hydroxylation is 3. The molecule has 5 nitrogen and oxygen atoms in total. The van der Waals surface area contributed by atoms with Crippen molar-refractivity contribution in [2.75, 3.05) is 13.2 Å². The number of nitrogens with zero attached hydrogens (tertiary/aromatic N) is 1. The first kappa shape index (κ1) is 22.2. The Morgan fingerprint density at radius 2 is 1.81 bits per heavy atom. The van der Waals surface area contributed by atoms with Crippen LogP contribution in [0.2, 0.25) is 5.02 Å².